The number of nitrogens with zero attached hydrogens (tertiary/aromatic N) is 2. The fourth-order valence-electron chi connectivity index (χ4n) is 2.41. The molecule has 108 valence electrons. The van der Waals surface area contributed by atoms with E-state index in [4.69, 9.17) is 0 Å². The van der Waals surface area contributed by atoms with Gasteiger partial charge in [-0.3, -0.25) is 14.5 Å². The number of carbonyl (C=O) groups is 2. The van der Waals surface area contributed by atoms with Crippen LogP contribution in [0.5, 0.6) is 0 Å². The smallest absolute Gasteiger partial charge is 0.269 e. The molecule has 0 spiro atoms. The highest BCUT2D eigenvalue weighted by Gasteiger charge is 2.35. The Bertz CT molecular complexity index is 737. The molecule has 0 fully saturated rings. The highest BCUT2D eigenvalue weighted by atomic mass is 16.2. The van der Waals surface area contributed by atoms with Crippen LogP contribution in [0.3, 0.4) is 0 Å². The predicted molar refractivity (Wildman–Crippen MR) is 84.1 cm³/mol. The van der Waals surface area contributed by atoms with Crippen molar-refractivity contribution in [1.82, 2.24) is 4.90 Å². The number of fused-ring (bicyclic) bond motifs is 1. The van der Waals surface area contributed by atoms with Gasteiger partial charge in [-0.15, -0.1) is 0 Å². The van der Waals surface area contributed by atoms with Gasteiger partial charge in [-0.1, -0.05) is 47.3 Å². The highest BCUT2D eigenvalue weighted by Crippen LogP contribution is 2.21. The van der Waals surface area contributed by atoms with Gasteiger partial charge in [0.25, 0.3) is 24.4 Å². The van der Waals surface area contributed by atoms with Gasteiger partial charge >= 0.3 is 0 Å². The van der Waals surface area contributed by atoms with Gasteiger partial charge in [0, 0.05) is 6.42 Å². The molecule has 1 aliphatic heterocycles. The summed E-state index contributed by atoms with van der Waals surface area (Å²) < 4.78 is 0. The van der Waals surface area contributed by atoms with Crippen molar-refractivity contribution in [3.05, 3.63) is 76.1 Å². The minimum atomic E-state index is -0.272. The van der Waals surface area contributed by atoms with Gasteiger partial charge < -0.3 is 0 Å². The van der Waals surface area contributed by atoms with E-state index >= 15 is 0 Å². The Morgan fingerprint density at radius 3 is 2.09 bits per heavy atom. The molecule has 0 aliphatic carbocycles. The molecule has 0 radical (unpaired) electrons. The zero-order valence-electron chi connectivity index (χ0n) is 12.0. The average Bonchev–Trinajstić information content (AvgIpc) is 2.81. The van der Waals surface area contributed by atoms with Gasteiger partial charge in [-0.25, -0.2) is 0 Å². The summed E-state index contributed by atoms with van der Waals surface area (Å²) in [5, 5.41) is 0. The Labute approximate surface area is 128 Å². The summed E-state index contributed by atoms with van der Waals surface area (Å²) in [5.74, 6) is -0.544. The number of imide groups is 1. The predicted octanol–water partition coefficient (Wildman–Crippen LogP) is 2.86. The van der Waals surface area contributed by atoms with E-state index in [0.717, 1.165) is 6.42 Å². The molecule has 1 heterocycles. The number of amides is 2. The van der Waals surface area contributed by atoms with Crippen LogP contribution in [-0.2, 0) is 6.42 Å². The van der Waals surface area contributed by atoms with Gasteiger partial charge in [0.2, 0.25) is 0 Å². The van der Waals surface area contributed by atoms with Crippen LogP contribution >= 0.6 is 0 Å². The standard InChI is InChI=1S/C18H15N2O2/c21-17-15-8-4-5-9-16(15)18(22)20(17)13-12-19-11-10-14-6-2-1-3-7-14/h1-9H,10-11,13H2/q+1. The van der Waals surface area contributed by atoms with Crippen molar-refractivity contribution >= 4 is 11.8 Å². The molecule has 0 unspecified atom stereocenters. The fourth-order valence-corrected chi connectivity index (χ4v) is 2.41. The Kier molecular flexibility index (Phi) is 3.97. The maximum absolute atomic E-state index is 12.1. The van der Waals surface area contributed by atoms with Gasteiger partial charge in [-0.2, -0.15) is 0 Å². The molecule has 0 bridgehead atoms. The molecule has 4 nitrogen and oxygen atoms in total. The Hall–Kier alpha value is -2.93. The zero-order valence-corrected chi connectivity index (χ0v) is 12.0. The zero-order chi connectivity index (χ0) is 15.4. The lowest BCUT2D eigenvalue weighted by Crippen LogP contribution is -2.29. The molecule has 0 N–H and O–H groups in total. The van der Waals surface area contributed by atoms with Crippen LogP contribution in [0.4, 0.5) is 0 Å². The number of rotatable bonds is 3. The van der Waals surface area contributed by atoms with Gasteiger partial charge in [0.1, 0.15) is 0 Å². The lowest BCUT2D eigenvalue weighted by atomic mass is 10.1. The highest BCUT2D eigenvalue weighted by molar-refractivity contribution is 6.21. The van der Waals surface area contributed by atoms with Crippen molar-refractivity contribution in [2.24, 2.45) is 0 Å². The van der Waals surface area contributed by atoms with Crippen molar-refractivity contribution in [1.29, 1.82) is 0 Å². The van der Waals surface area contributed by atoms with E-state index in [9.17, 15) is 9.59 Å². The van der Waals surface area contributed by atoms with Crippen LogP contribution in [0, 0.1) is 6.07 Å². The Morgan fingerprint density at radius 1 is 0.864 bits per heavy atom. The van der Waals surface area contributed by atoms with Crippen LogP contribution in [-0.4, -0.2) is 29.8 Å². The van der Waals surface area contributed by atoms with E-state index < -0.39 is 0 Å². The molecule has 2 aromatic rings. The third-order valence-corrected chi connectivity index (χ3v) is 3.57. The number of benzene rings is 2. The van der Waals surface area contributed by atoms with Crippen molar-refractivity contribution in [2.75, 3.05) is 13.1 Å². The van der Waals surface area contributed by atoms with Gasteiger partial charge in [0.05, 0.1) is 11.1 Å². The first-order valence-corrected chi connectivity index (χ1v) is 7.16. The van der Waals surface area contributed by atoms with E-state index in [-0.39, 0.29) is 18.4 Å². The Morgan fingerprint density at radius 2 is 1.45 bits per heavy atom. The fraction of sp³-hybridized carbons (Fsp3) is 0.167. The van der Waals surface area contributed by atoms with Crippen molar-refractivity contribution in [2.45, 2.75) is 6.42 Å². The molecule has 22 heavy (non-hydrogen) atoms. The largest absolute Gasteiger partial charge is 0.295 e. The van der Waals surface area contributed by atoms with Crippen LogP contribution in [0.15, 0.2) is 54.6 Å². The topological polar surface area (TPSA) is 41.7 Å². The summed E-state index contributed by atoms with van der Waals surface area (Å²) in [6.07, 6.45) is 0.815. The van der Waals surface area contributed by atoms with Gasteiger partial charge in [0.15, 0.2) is 6.54 Å². The van der Waals surface area contributed by atoms with Crippen LogP contribution in [0.2, 0.25) is 0 Å². The summed E-state index contributed by atoms with van der Waals surface area (Å²) in [6.45, 7) is 0.689. The minimum Gasteiger partial charge on any atom is -0.269 e. The third-order valence-electron chi connectivity index (χ3n) is 3.57. The minimum absolute atomic E-state index is 0.0983. The first kappa shape index (κ1) is 14.0. The molecule has 0 saturated carbocycles. The summed E-state index contributed by atoms with van der Waals surface area (Å²) in [7, 11) is 0. The monoisotopic (exact) mass is 291 g/mol. The van der Waals surface area contributed by atoms with Crippen molar-refractivity contribution < 1.29 is 9.59 Å². The second-order valence-electron chi connectivity index (χ2n) is 5.02. The van der Waals surface area contributed by atoms with E-state index in [0.29, 0.717) is 17.7 Å². The number of carbonyl (C=O) groups excluding carboxylic acids is 2. The van der Waals surface area contributed by atoms with Crippen LogP contribution in [0.1, 0.15) is 26.3 Å². The molecule has 2 amide bonds. The second-order valence-corrected chi connectivity index (χ2v) is 5.02. The summed E-state index contributed by atoms with van der Waals surface area (Å²) in [4.78, 5) is 29.6. The lowest BCUT2D eigenvalue weighted by molar-refractivity contribution is 0.0674. The average molecular weight is 291 g/mol. The van der Waals surface area contributed by atoms with Crippen molar-refractivity contribution in [3.8, 4) is 6.07 Å². The van der Waals surface area contributed by atoms with Crippen LogP contribution in [0.25, 0.3) is 4.85 Å². The molecular weight excluding hydrogens is 276 g/mol. The molecule has 0 aromatic heterocycles. The SMILES string of the molecule is O=C1c2ccccc2C(=O)N1CC#[N+]CCc1ccccc1. The van der Waals surface area contributed by atoms with Crippen LogP contribution < -0.4 is 0 Å². The van der Waals surface area contributed by atoms with E-state index in [1.165, 1.54) is 10.5 Å². The van der Waals surface area contributed by atoms with Crippen molar-refractivity contribution in [3.63, 3.8) is 0 Å². The normalized spacial score (nSPS) is 12.8. The molecule has 4 heteroatoms. The quantitative estimate of drug-likeness (QED) is 0.644. The number of hydrogen-bond acceptors (Lipinski definition) is 2. The van der Waals surface area contributed by atoms with Gasteiger partial charge in [-0.05, 0) is 17.7 Å². The second kappa shape index (κ2) is 6.23. The third kappa shape index (κ3) is 2.75. The summed E-state index contributed by atoms with van der Waals surface area (Å²) in [6, 6.07) is 19.7. The summed E-state index contributed by atoms with van der Waals surface area (Å²) >= 11 is 0. The maximum atomic E-state index is 12.1. The Balaban J connectivity index is 1.58. The molecule has 3 rings (SSSR count). The van der Waals surface area contributed by atoms with E-state index in [1.54, 1.807) is 24.3 Å². The first-order valence-electron chi connectivity index (χ1n) is 7.16. The maximum Gasteiger partial charge on any atom is 0.295 e. The summed E-state index contributed by atoms with van der Waals surface area (Å²) in [5.41, 5.74) is 2.12. The molecule has 0 atom stereocenters. The number of hydrogen-bond donors (Lipinski definition) is 0. The van der Waals surface area contributed by atoms with E-state index in [1.807, 2.05) is 30.3 Å². The first-order chi connectivity index (χ1) is 10.8. The molecule has 0 saturated heterocycles. The molecule has 2 aromatic carbocycles. The molecule has 1 aliphatic rings. The lowest BCUT2D eigenvalue weighted by Gasteiger charge is -2.05. The molecular formula is C18H15N2O2+. The van der Waals surface area contributed by atoms with E-state index in [2.05, 4.69) is 10.9 Å².